The second-order valence-electron chi connectivity index (χ2n) is 7.62. The van der Waals surface area contributed by atoms with Gasteiger partial charge in [0.1, 0.15) is 5.60 Å². The molecule has 7 nitrogen and oxygen atoms in total. The summed E-state index contributed by atoms with van der Waals surface area (Å²) in [5.41, 5.74) is 0.476. The van der Waals surface area contributed by atoms with E-state index in [1.165, 1.54) is 0 Å². The van der Waals surface area contributed by atoms with Crippen molar-refractivity contribution in [3.05, 3.63) is 18.2 Å². The molecule has 0 aromatic carbocycles. The molecule has 1 unspecified atom stereocenters. The lowest BCUT2D eigenvalue weighted by Gasteiger charge is -2.42. The number of carbonyl (C=O) groups is 1. The van der Waals surface area contributed by atoms with Crippen molar-refractivity contribution in [1.82, 2.24) is 20.2 Å². The van der Waals surface area contributed by atoms with Crippen molar-refractivity contribution in [1.29, 1.82) is 0 Å². The molecule has 136 valence electrons. The van der Waals surface area contributed by atoms with E-state index in [-0.39, 0.29) is 11.5 Å². The number of nitrogens with zero attached hydrogens (tertiary/aromatic N) is 2. The lowest BCUT2D eigenvalue weighted by Crippen LogP contribution is -2.53. The Labute approximate surface area is 144 Å². The first-order chi connectivity index (χ1) is 11.3. The maximum absolute atomic E-state index is 12.4. The highest BCUT2D eigenvalue weighted by Crippen LogP contribution is 2.30. The van der Waals surface area contributed by atoms with Crippen molar-refractivity contribution in [3.63, 3.8) is 0 Å². The molecule has 1 amide bonds. The van der Waals surface area contributed by atoms with Gasteiger partial charge in [-0.15, -0.1) is 0 Å². The van der Waals surface area contributed by atoms with Crippen molar-refractivity contribution < 1.29 is 14.3 Å². The molecule has 1 aliphatic rings. The van der Waals surface area contributed by atoms with Gasteiger partial charge in [0, 0.05) is 50.6 Å². The highest BCUT2D eigenvalue weighted by atomic mass is 16.6. The standard InChI is InChI=1S/C17H30N4O3/c1-16(2,3)24-15(22)21-7-5-6-17(11-21,12-23-4)10-18-8-14-9-19-13-20-14/h9,13,18H,5-8,10-12H2,1-4H3,(H,19,20). The van der Waals surface area contributed by atoms with Crippen LogP contribution in [0.3, 0.4) is 0 Å². The van der Waals surface area contributed by atoms with Gasteiger partial charge >= 0.3 is 6.09 Å². The summed E-state index contributed by atoms with van der Waals surface area (Å²) in [6.45, 7) is 9.17. The molecule has 7 heteroatoms. The van der Waals surface area contributed by atoms with Crippen LogP contribution < -0.4 is 5.32 Å². The Balaban J connectivity index is 1.95. The Kier molecular flexibility index (Phi) is 6.23. The minimum absolute atomic E-state index is 0.0933. The topological polar surface area (TPSA) is 79.5 Å². The van der Waals surface area contributed by atoms with E-state index in [1.807, 2.05) is 31.9 Å². The molecule has 2 heterocycles. The number of methoxy groups -OCH3 is 1. The van der Waals surface area contributed by atoms with Gasteiger partial charge in [-0.3, -0.25) is 0 Å². The lowest BCUT2D eigenvalue weighted by molar-refractivity contribution is -0.0155. The molecule has 1 aromatic rings. The van der Waals surface area contributed by atoms with Gasteiger partial charge in [0.15, 0.2) is 0 Å². The fraction of sp³-hybridized carbons (Fsp3) is 0.765. The van der Waals surface area contributed by atoms with E-state index in [1.54, 1.807) is 13.4 Å². The largest absolute Gasteiger partial charge is 0.444 e. The van der Waals surface area contributed by atoms with Gasteiger partial charge in [0.25, 0.3) is 0 Å². The third-order valence-corrected chi connectivity index (χ3v) is 4.13. The number of nitrogens with one attached hydrogen (secondary N) is 2. The number of H-pyrrole nitrogens is 1. The highest BCUT2D eigenvalue weighted by Gasteiger charge is 2.38. The summed E-state index contributed by atoms with van der Waals surface area (Å²) in [5.74, 6) is 0. The van der Waals surface area contributed by atoms with E-state index in [0.29, 0.717) is 13.2 Å². The maximum atomic E-state index is 12.4. The zero-order chi connectivity index (χ0) is 17.6. The van der Waals surface area contributed by atoms with E-state index >= 15 is 0 Å². The third-order valence-electron chi connectivity index (χ3n) is 4.13. The number of aromatic amines is 1. The van der Waals surface area contributed by atoms with Gasteiger partial charge in [-0.1, -0.05) is 0 Å². The molecular formula is C17H30N4O3. The van der Waals surface area contributed by atoms with Crippen LogP contribution in [0.4, 0.5) is 4.79 Å². The maximum Gasteiger partial charge on any atom is 0.410 e. The number of aromatic nitrogens is 2. The summed E-state index contributed by atoms with van der Waals surface area (Å²) in [6.07, 6.45) is 5.22. The van der Waals surface area contributed by atoms with Gasteiger partial charge in [0.05, 0.1) is 12.9 Å². The first-order valence-electron chi connectivity index (χ1n) is 8.48. The Bertz CT molecular complexity index is 508. The van der Waals surface area contributed by atoms with Crippen LogP contribution in [0.25, 0.3) is 0 Å². The molecule has 0 aliphatic carbocycles. The first kappa shape index (κ1) is 18.7. The number of hydrogen-bond donors (Lipinski definition) is 2. The average Bonchev–Trinajstić information content (AvgIpc) is 2.99. The predicted molar refractivity (Wildman–Crippen MR) is 91.6 cm³/mol. The van der Waals surface area contributed by atoms with Gasteiger partial charge in [-0.05, 0) is 33.6 Å². The van der Waals surface area contributed by atoms with Crippen LogP contribution in [0.2, 0.25) is 0 Å². The Morgan fingerprint density at radius 2 is 2.29 bits per heavy atom. The summed E-state index contributed by atoms with van der Waals surface area (Å²) in [7, 11) is 1.71. The number of piperidine rings is 1. The minimum atomic E-state index is -0.475. The second-order valence-corrected chi connectivity index (χ2v) is 7.62. The molecule has 1 saturated heterocycles. The summed E-state index contributed by atoms with van der Waals surface area (Å²) in [4.78, 5) is 21.3. The van der Waals surface area contributed by atoms with Crippen LogP contribution in [-0.2, 0) is 16.0 Å². The van der Waals surface area contributed by atoms with Crippen molar-refractivity contribution in [3.8, 4) is 0 Å². The number of ether oxygens (including phenoxy) is 2. The van der Waals surface area contributed by atoms with Crippen LogP contribution in [-0.4, -0.2) is 59.9 Å². The van der Waals surface area contributed by atoms with Gasteiger partial charge in [-0.25, -0.2) is 9.78 Å². The van der Waals surface area contributed by atoms with Crippen LogP contribution >= 0.6 is 0 Å². The number of hydrogen-bond acceptors (Lipinski definition) is 5. The molecule has 1 aliphatic heterocycles. The van der Waals surface area contributed by atoms with Crippen molar-refractivity contribution >= 4 is 6.09 Å². The zero-order valence-electron chi connectivity index (χ0n) is 15.2. The molecular weight excluding hydrogens is 308 g/mol. The van der Waals surface area contributed by atoms with E-state index < -0.39 is 5.60 Å². The fourth-order valence-corrected chi connectivity index (χ4v) is 3.15. The highest BCUT2D eigenvalue weighted by molar-refractivity contribution is 5.68. The molecule has 0 bridgehead atoms. The van der Waals surface area contributed by atoms with E-state index in [4.69, 9.17) is 9.47 Å². The second kappa shape index (κ2) is 7.98. The monoisotopic (exact) mass is 338 g/mol. The quantitative estimate of drug-likeness (QED) is 0.831. The number of imidazole rings is 1. The Morgan fingerprint density at radius 3 is 2.92 bits per heavy atom. The lowest BCUT2D eigenvalue weighted by atomic mass is 9.80. The molecule has 2 rings (SSSR count). The SMILES string of the molecule is COCC1(CNCc2cnc[nH]2)CCCN(C(=O)OC(C)(C)C)C1. The van der Waals surface area contributed by atoms with Gasteiger partial charge < -0.3 is 24.7 Å². The fourth-order valence-electron chi connectivity index (χ4n) is 3.15. The molecule has 24 heavy (non-hydrogen) atoms. The van der Waals surface area contributed by atoms with Crippen LogP contribution in [0.1, 0.15) is 39.3 Å². The van der Waals surface area contributed by atoms with Gasteiger partial charge in [0.2, 0.25) is 0 Å². The van der Waals surface area contributed by atoms with Crippen molar-refractivity contribution in [2.24, 2.45) is 5.41 Å². The summed E-state index contributed by atoms with van der Waals surface area (Å²) in [6, 6.07) is 0. The molecule has 1 fully saturated rings. The van der Waals surface area contributed by atoms with Crippen LogP contribution in [0.5, 0.6) is 0 Å². The summed E-state index contributed by atoms with van der Waals surface area (Å²) >= 11 is 0. The van der Waals surface area contributed by atoms with Crippen molar-refractivity contribution in [2.75, 3.05) is 33.4 Å². The first-order valence-corrected chi connectivity index (χ1v) is 8.48. The molecule has 0 spiro atoms. The minimum Gasteiger partial charge on any atom is -0.444 e. The third kappa shape index (κ3) is 5.49. The van der Waals surface area contributed by atoms with Gasteiger partial charge in [-0.2, -0.15) is 0 Å². The van der Waals surface area contributed by atoms with Crippen LogP contribution in [0, 0.1) is 5.41 Å². The van der Waals surface area contributed by atoms with Crippen molar-refractivity contribution in [2.45, 2.75) is 45.8 Å². The van der Waals surface area contributed by atoms with E-state index in [0.717, 1.165) is 38.2 Å². The Morgan fingerprint density at radius 1 is 1.50 bits per heavy atom. The molecule has 1 aromatic heterocycles. The number of rotatable bonds is 6. The Hall–Kier alpha value is -1.60. The van der Waals surface area contributed by atoms with E-state index in [9.17, 15) is 4.79 Å². The van der Waals surface area contributed by atoms with E-state index in [2.05, 4.69) is 15.3 Å². The van der Waals surface area contributed by atoms with Crippen LogP contribution in [0.15, 0.2) is 12.5 Å². The summed E-state index contributed by atoms with van der Waals surface area (Å²) in [5, 5.41) is 3.46. The number of carbonyl (C=O) groups excluding carboxylic acids is 1. The normalized spacial score (nSPS) is 21.8. The summed E-state index contributed by atoms with van der Waals surface area (Å²) < 4.78 is 11.0. The molecule has 0 saturated carbocycles. The molecule has 2 N–H and O–H groups in total. The molecule has 1 atom stereocenters. The number of amides is 1. The molecule has 0 radical (unpaired) electrons. The zero-order valence-corrected chi connectivity index (χ0v) is 15.2. The smallest absolute Gasteiger partial charge is 0.410 e. The predicted octanol–water partition coefficient (Wildman–Crippen LogP) is 2.16. The average molecular weight is 338 g/mol. The number of likely N-dealkylation sites (tertiary alicyclic amines) is 1.